The highest BCUT2D eigenvalue weighted by Gasteiger charge is 2.12. The molecule has 1 N–H and O–H groups in total. The van der Waals surface area contributed by atoms with Crippen LogP contribution in [0.15, 0.2) is 0 Å². The molecule has 0 aliphatic carbocycles. The van der Waals surface area contributed by atoms with E-state index in [0.29, 0.717) is 0 Å². The zero-order valence-electron chi connectivity index (χ0n) is 7.33. The number of aliphatic hydroxyl groups is 1. The van der Waals surface area contributed by atoms with Gasteiger partial charge >= 0.3 is 0 Å². The summed E-state index contributed by atoms with van der Waals surface area (Å²) in [6, 6.07) is 0. The van der Waals surface area contributed by atoms with Gasteiger partial charge in [0.1, 0.15) is 0 Å². The molecule has 0 fully saturated rings. The third-order valence-corrected chi connectivity index (χ3v) is 4.33. The minimum Gasteiger partial charge on any atom is -0.502 e. The Morgan fingerprint density at radius 2 is 2.18 bits per heavy atom. The molecule has 11 heavy (non-hydrogen) atoms. The molecule has 0 aliphatic heterocycles. The van der Waals surface area contributed by atoms with E-state index in [1.54, 1.807) is 0 Å². The van der Waals surface area contributed by atoms with Crippen LogP contribution in [0.4, 0.5) is 0 Å². The van der Waals surface area contributed by atoms with Gasteiger partial charge in [0, 0.05) is 11.6 Å². The number of hydrogen-bond acceptors (Lipinski definition) is 2. The lowest BCUT2D eigenvalue weighted by Gasteiger charge is -2.13. The molecule has 0 saturated heterocycles. The molecule has 0 radical (unpaired) electrons. The molecule has 2 nitrogen and oxygen atoms in total. The molecule has 0 aromatic heterocycles. The Kier molecular flexibility index (Phi) is 5.72. The van der Waals surface area contributed by atoms with E-state index in [0.717, 1.165) is 6.42 Å². The number of rotatable bonds is 5. The van der Waals surface area contributed by atoms with E-state index in [2.05, 4.69) is 12.2 Å². The summed E-state index contributed by atoms with van der Waals surface area (Å²) in [4.78, 5) is 0. The average Bonchev–Trinajstić information content (AvgIpc) is 1.87. The molecule has 4 heteroatoms. The predicted molar refractivity (Wildman–Crippen MR) is 54.0 cm³/mol. The Bertz CT molecular complexity index is 128. The van der Waals surface area contributed by atoms with Crippen LogP contribution in [0, 0.1) is 0 Å². The first-order valence-electron chi connectivity index (χ1n) is 3.92. The third-order valence-electron chi connectivity index (χ3n) is 1.47. The third kappa shape index (κ3) is 5.35. The van der Waals surface area contributed by atoms with Crippen molar-refractivity contribution >= 4 is 27.0 Å². The minimum absolute atomic E-state index is 0.125. The van der Waals surface area contributed by atoms with Gasteiger partial charge in [-0.05, 0) is 32.5 Å². The van der Waals surface area contributed by atoms with Gasteiger partial charge in [-0.25, -0.2) is 0 Å². The van der Waals surface area contributed by atoms with Crippen molar-refractivity contribution in [3.8, 4) is 0 Å². The summed E-state index contributed by atoms with van der Waals surface area (Å²) in [5.41, 5.74) is 0.160. The lowest BCUT2D eigenvalue weighted by Crippen LogP contribution is -2.18. The summed E-state index contributed by atoms with van der Waals surface area (Å²) in [6.45, 7) is 6.02. The average molecular weight is 192 g/mol. The van der Waals surface area contributed by atoms with Gasteiger partial charge in [-0.15, -0.1) is 0 Å². The van der Waals surface area contributed by atoms with Crippen LogP contribution in [-0.4, -0.2) is 26.0 Å². The van der Waals surface area contributed by atoms with E-state index in [9.17, 15) is 0 Å². The molecule has 1 atom stereocenters. The Morgan fingerprint density at radius 3 is 2.45 bits per heavy atom. The second-order valence-electron chi connectivity index (χ2n) is 2.83. The van der Waals surface area contributed by atoms with E-state index in [1.807, 2.05) is 20.8 Å². The fourth-order valence-corrected chi connectivity index (χ4v) is 2.04. The fraction of sp³-hybridized carbons (Fsp3) is 0.857. The molecule has 0 aliphatic rings. The summed E-state index contributed by atoms with van der Waals surface area (Å²) in [5.74, 6) is 0. The number of thiocarbonyl (C=S) groups is 1. The van der Waals surface area contributed by atoms with Crippen LogP contribution in [0.2, 0.25) is 5.54 Å². The van der Waals surface area contributed by atoms with Crippen LogP contribution < -0.4 is 0 Å². The van der Waals surface area contributed by atoms with Crippen molar-refractivity contribution in [2.24, 2.45) is 0 Å². The van der Waals surface area contributed by atoms with Crippen molar-refractivity contribution in [1.82, 2.24) is 0 Å². The highest BCUT2D eigenvalue weighted by atomic mass is 32.1. The molecule has 66 valence electrons. The number of hydrogen-bond donors (Lipinski definition) is 1. The van der Waals surface area contributed by atoms with E-state index >= 15 is 0 Å². The quantitative estimate of drug-likeness (QED) is 0.530. The van der Waals surface area contributed by atoms with E-state index in [-0.39, 0.29) is 16.7 Å². The van der Waals surface area contributed by atoms with Gasteiger partial charge in [0.25, 0.3) is 0 Å². The SMILES string of the molecule is CCC([SiH2]OC(C)C)C(O)=S. The Hall–Kier alpha value is 0.0669. The van der Waals surface area contributed by atoms with Gasteiger partial charge in [0.15, 0.2) is 14.8 Å². The van der Waals surface area contributed by atoms with Crippen molar-refractivity contribution in [2.75, 3.05) is 0 Å². The largest absolute Gasteiger partial charge is 0.502 e. The predicted octanol–water partition coefficient (Wildman–Crippen LogP) is 1.58. The minimum atomic E-state index is -0.661. The molecule has 0 bridgehead atoms. The van der Waals surface area contributed by atoms with E-state index in [4.69, 9.17) is 9.53 Å². The molecule has 0 aromatic rings. The molecule has 1 unspecified atom stereocenters. The molecular formula is C7H16O2SSi. The summed E-state index contributed by atoms with van der Waals surface area (Å²) in [5, 5.41) is 9.14. The second kappa shape index (κ2) is 5.68. The van der Waals surface area contributed by atoms with Gasteiger partial charge in [-0.2, -0.15) is 0 Å². The summed E-state index contributed by atoms with van der Waals surface area (Å²) in [6.07, 6.45) is 1.17. The van der Waals surface area contributed by atoms with E-state index < -0.39 is 9.76 Å². The zero-order valence-corrected chi connectivity index (χ0v) is 9.56. The van der Waals surface area contributed by atoms with Gasteiger partial charge in [-0.3, -0.25) is 0 Å². The maximum absolute atomic E-state index is 9.01. The van der Waals surface area contributed by atoms with Crippen LogP contribution in [-0.2, 0) is 4.43 Å². The number of aliphatic hydroxyl groups excluding tert-OH is 1. The first-order chi connectivity index (χ1) is 5.07. The molecule has 0 spiro atoms. The summed E-state index contributed by atoms with van der Waals surface area (Å²) >= 11 is 4.68. The fourth-order valence-electron chi connectivity index (χ4n) is 0.672. The van der Waals surface area contributed by atoms with Gasteiger partial charge in [0.2, 0.25) is 0 Å². The van der Waals surface area contributed by atoms with Gasteiger partial charge in [0.05, 0.1) is 0 Å². The first-order valence-corrected chi connectivity index (χ1v) is 5.72. The van der Waals surface area contributed by atoms with Crippen LogP contribution in [0.25, 0.3) is 0 Å². The molecule has 0 saturated carbocycles. The molecular weight excluding hydrogens is 176 g/mol. The Balaban J connectivity index is 3.61. The van der Waals surface area contributed by atoms with E-state index in [1.165, 1.54) is 0 Å². The van der Waals surface area contributed by atoms with Crippen molar-refractivity contribution < 1.29 is 9.53 Å². The smallest absolute Gasteiger partial charge is 0.173 e. The van der Waals surface area contributed by atoms with Crippen LogP contribution in [0.5, 0.6) is 0 Å². The first kappa shape index (κ1) is 11.1. The van der Waals surface area contributed by atoms with Crippen molar-refractivity contribution in [3.05, 3.63) is 0 Å². The van der Waals surface area contributed by atoms with Gasteiger partial charge in [-0.1, -0.05) is 6.92 Å². The Labute approximate surface area is 75.9 Å². The monoisotopic (exact) mass is 192 g/mol. The van der Waals surface area contributed by atoms with Crippen molar-refractivity contribution in [1.29, 1.82) is 0 Å². The van der Waals surface area contributed by atoms with Crippen LogP contribution >= 0.6 is 12.2 Å². The van der Waals surface area contributed by atoms with Crippen LogP contribution in [0.1, 0.15) is 27.2 Å². The maximum Gasteiger partial charge on any atom is 0.173 e. The highest BCUT2D eigenvalue weighted by molar-refractivity contribution is 7.80. The second-order valence-corrected chi connectivity index (χ2v) is 4.90. The maximum atomic E-state index is 9.01. The molecule has 0 amide bonds. The normalized spacial score (nSPS) is 14.5. The molecule has 0 heterocycles. The lowest BCUT2D eigenvalue weighted by molar-refractivity contribution is 0.252. The summed E-state index contributed by atoms with van der Waals surface area (Å²) in [7, 11) is -0.661. The Morgan fingerprint density at radius 1 is 1.64 bits per heavy atom. The molecule has 0 rings (SSSR count). The van der Waals surface area contributed by atoms with Crippen molar-refractivity contribution in [3.63, 3.8) is 0 Å². The van der Waals surface area contributed by atoms with Crippen molar-refractivity contribution in [2.45, 2.75) is 38.8 Å². The zero-order chi connectivity index (χ0) is 8.85. The highest BCUT2D eigenvalue weighted by Crippen LogP contribution is 2.10. The van der Waals surface area contributed by atoms with Gasteiger partial charge < -0.3 is 9.53 Å². The standard InChI is InChI=1S/C7H16O2SSi/c1-4-6(7(8)10)11-9-5(2)3/h5-6H,4,11H2,1-3H3,(H,8,10). The van der Waals surface area contributed by atoms with Crippen LogP contribution in [0.3, 0.4) is 0 Å². The summed E-state index contributed by atoms with van der Waals surface area (Å²) < 4.78 is 5.45. The lowest BCUT2D eigenvalue weighted by atomic mass is 10.3. The topological polar surface area (TPSA) is 29.5 Å². The molecule has 0 aromatic carbocycles.